The molecule has 192 valence electrons. The molecule has 4 aromatic rings. The Kier molecular flexibility index (Phi) is 6.22. The monoisotopic (exact) mass is 502 g/mol. The number of fused-ring (bicyclic) bond motifs is 2. The van der Waals surface area contributed by atoms with Crippen LogP contribution in [0.2, 0.25) is 0 Å². The Morgan fingerprint density at radius 3 is 1.21 bits per heavy atom. The van der Waals surface area contributed by atoms with Crippen LogP contribution in [-0.4, -0.2) is 11.6 Å². The van der Waals surface area contributed by atoms with Crippen molar-refractivity contribution in [3.63, 3.8) is 0 Å². The first-order valence-electron chi connectivity index (χ1n) is 13.1. The number of benzene rings is 4. The summed E-state index contributed by atoms with van der Waals surface area (Å²) in [5, 5.41) is 7.10. The number of rotatable bonds is 4. The van der Waals surface area contributed by atoms with Gasteiger partial charge in [-0.1, -0.05) is 36.4 Å². The van der Waals surface area contributed by atoms with Crippen molar-refractivity contribution in [2.24, 2.45) is 0 Å². The molecule has 0 bridgehead atoms. The summed E-state index contributed by atoms with van der Waals surface area (Å²) in [6.07, 6.45) is 0. The second kappa shape index (κ2) is 9.29. The lowest BCUT2D eigenvalue weighted by atomic mass is 9.82. The summed E-state index contributed by atoms with van der Waals surface area (Å²) in [6.45, 7) is 16.7. The van der Waals surface area contributed by atoms with E-state index >= 15 is 0 Å². The van der Waals surface area contributed by atoms with Gasteiger partial charge in [-0.2, -0.15) is 0 Å². The third-order valence-corrected chi connectivity index (χ3v) is 8.31. The maximum absolute atomic E-state index is 14.0. The van der Waals surface area contributed by atoms with Crippen molar-refractivity contribution in [1.82, 2.24) is 0 Å². The molecule has 0 unspecified atom stereocenters. The smallest absolute Gasteiger partial charge is 0.196 e. The number of hydrogen-bond acceptors (Lipinski definition) is 4. The molecule has 1 aliphatic rings. The molecule has 5 rings (SSSR count). The van der Waals surface area contributed by atoms with Crippen molar-refractivity contribution < 1.29 is 9.59 Å². The zero-order valence-corrected chi connectivity index (χ0v) is 23.4. The summed E-state index contributed by atoms with van der Waals surface area (Å²) >= 11 is 0. The Bertz CT molecular complexity index is 1550. The fraction of sp³-hybridized carbons (Fsp3) is 0.235. The summed E-state index contributed by atoms with van der Waals surface area (Å²) < 4.78 is 0. The van der Waals surface area contributed by atoms with E-state index < -0.39 is 0 Å². The SMILES string of the molecule is Cc1cc(C)c(Nc2ccc(Nc3c(C)cc(C)c(C)c3C)c3c2C(=O)c2ccccc2C3=O)c(C)c1C. The van der Waals surface area contributed by atoms with Crippen LogP contribution in [0.4, 0.5) is 22.7 Å². The second-order valence-electron chi connectivity index (χ2n) is 10.6. The number of anilines is 4. The van der Waals surface area contributed by atoms with Gasteiger partial charge in [0.25, 0.3) is 0 Å². The molecular weight excluding hydrogens is 468 g/mol. The fourth-order valence-corrected chi connectivity index (χ4v) is 5.65. The molecule has 2 N–H and O–H groups in total. The van der Waals surface area contributed by atoms with E-state index in [4.69, 9.17) is 0 Å². The molecule has 0 aromatic heterocycles. The van der Waals surface area contributed by atoms with Crippen molar-refractivity contribution in [1.29, 1.82) is 0 Å². The molecule has 38 heavy (non-hydrogen) atoms. The van der Waals surface area contributed by atoms with E-state index in [0.29, 0.717) is 33.6 Å². The van der Waals surface area contributed by atoms with Crippen molar-refractivity contribution in [3.05, 3.63) is 115 Å². The van der Waals surface area contributed by atoms with Crippen molar-refractivity contribution in [2.45, 2.75) is 55.4 Å². The van der Waals surface area contributed by atoms with Crippen molar-refractivity contribution >= 4 is 34.3 Å². The average molecular weight is 503 g/mol. The summed E-state index contributed by atoms with van der Waals surface area (Å²) in [4.78, 5) is 27.9. The lowest BCUT2D eigenvalue weighted by Gasteiger charge is -2.26. The molecule has 4 aromatic carbocycles. The van der Waals surface area contributed by atoms with Gasteiger partial charge in [-0.05, 0) is 112 Å². The minimum atomic E-state index is -0.144. The minimum Gasteiger partial charge on any atom is -0.354 e. The van der Waals surface area contributed by atoms with Gasteiger partial charge in [0.2, 0.25) is 0 Å². The van der Waals surface area contributed by atoms with E-state index in [1.54, 1.807) is 12.1 Å². The van der Waals surface area contributed by atoms with Gasteiger partial charge in [-0.15, -0.1) is 0 Å². The highest BCUT2D eigenvalue weighted by atomic mass is 16.1. The van der Waals surface area contributed by atoms with Gasteiger partial charge in [0.15, 0.2) is 11.6 Å². The van der Waals surface area contributed by atoms with Gasteiger partial charge < -0.3 is 10.6 Å². The molecule has 0 saturated heterocycles. The number of carbonyl (C=O) groups excluding carboxylic acids is 2. The summed E-state index contributed by atoms with van der Waals surface area (Å²) in [5.41, 5.74) is 14.3. The van der Waals surface area contributed by atoms with E-state index in [1.165, 1.54) is 22.3 Å². The number of carbonyl (C=O) groups is 2. The second-order valence-corrected chi connectivity index (χ2v) is 10.6. The number of aryl methyl sites for hydroxylation is 4. The zero-order chi connectivity index (χ0) is 27.5. The van der Waals surface area contributed by atoms with Gasteiger partial charge in [0.1, 0.15) is 0 Å². The molecule has 4 heteroatoms. The van der Waals surface area contributed by atoms with E-state index in [2.05, 4.69) is 78.2 Å². The molecule has 0 heterocycles. The summed E-state index contributed by atoms with van der Waals surface area (Å²) in [7, 11) is 0. The van der Waals surface area contributed by atoms with E-state index in [-0.39, 0.29) is 11.6 Å². The Morgan fingerprint density at radius 1 is 0.474 bits per heavy atom. The fourth-order valence-electron chi connectivity index (χ4n) is 5.65. The van der Waals surface area contributed by atoms with Crippen LogP contribution in [0.5, 0.6) is 0 Å². The van der Waals surface area contributed by atoms with Gasteiger partial charge >= 0.3 is 0 Å². The lowest BCUT2D eigenvalue weighted by molar-refractivity contribution is 0.0980. The topological polar surface area (TPSA) is 58.2 Å². The predicted octanol–water partition coefficient (Wildman–Crippen LogP) is 8.42. The number of nitrogens with one attached hydrogen (secondary N) is 2. The molecule has 4 nitrogen and oxygen atoms in total. The lowest BCUT2D eigenvalue weighted by Crippen LogP contribution is -2.23. The van der Waals surface area contributed by atoms with Gasteiger partial charge in [0.05, 0.1) is 22.5 Å². The molecule has 0 fully saturated rings. The van der Waals surface area contributed by atoms with Crippen LogP contribution in [0.3, 0.4) is 0 Å². The Hall–Kier alpha value is -4.18. The summed E-state index contributed by atoms with van der Waals surface area (Å²) in [6, 6.07) is 15.2. The van der Waals surface area contributed by atoms with Crippen LogP contribution in [0.15, 0.2) is 48.5 Å². The quantitative estimate of drug-likeness (QED) is 0.259. The normalized spacial score (nSPS) is 12.3. The third-order valence-electron chi connectivity index (χ3n) is 8.31. The van der Waals surface area contributed by atoms with Crippen LogP contribution in [-0.2, 0) is 0 Å². The maximum Gasteiger partial charge on any atom is 0.196 e. The third kappa shape index (κ3) is 3.92. The van der Waals surface area contributed by atoms with Crippen LogP contribution in [0.25, 0.3) is 0 Å². The Morgan fingerprint density at radius 2 is 0.842 bits per heavy atom. The van der Waals surface area contributed by atoms with Gasteiger partial charge in [-0.3, -0.25) is 9.59 Å². The molecule has 0 aliphatic heterocycles. The first-order valence-corrected chi connectivity index (χ1v) is 13.1. The van der Waals surface area contributed by atoms with Crippen LogP contribution < -0.4 is 10.6 Å². The molecule has 0 amide bonds. The van der Waals surface area contributed by atoms with Crippen LogP contribution in [0, 0.1) is 55.4 Å². The van der Waals surface area contributed by atoms with Gasteiger partial charge in [-0.25, -0.2) is 0 Å². The minimum absolute atomic E-state index is 0.144. The van der Waals surface area contributed by atoms with E-state index in [0.717, 1.165) is 33.6 Å². The average Bonchev–Trinajstić information content (AvgIpc) is 2.89. The van der Waals surface area contributed by atoms with E-state index in [9.17, 15) is 9.59 Å². The highest BCUT2D eigenvalue weighted by Crippen LogP contribution is 2.41. The highest BCUT2D eigenvalue weighted by Gasteiger charge is 2.34. The van der Waals surface area contributed by atoms with Crippen LogP contribution >= 0.6 is 0 Å². The van der Waals surface area contributed by atoms with Crippen molar-refractivity contribution in [3.8, 4) is 0 Å². The molecule has 1 aliphatic carbocycles. The molecular formula is C34H34N2O2. The standard InChI is InChI=1S/C34H34N2O2/c1-17-15-19(3)31(23(7)21(17)5)35-27-13-14-28(36-32-20(4)16-18(2)22(6)24(32)8)30-29(27)33(37)25-11-9-10-12-26(25)34(30)38/h9-16,35-36H,1-8H3. The maximum atomic E-state index is 14.0. The number of hydrogen-bond donors (Lipinski definition) is 2. The molecule has 0 saturated carbocycles. The molecule has 0 radical (unpaired) electrons. The van der Waals surface area contributed by atoms with Crippen molar-refractivity contribution in [2.75, 3.05) is 10.6 Å². The first kappa shape index (κ1) is 25.5. The number of ketones is 2. The zero-order valence-electron chi connectivity index (χ0n) is 23.4. The molecule has 0 spiro atoms. The highest BCUT2D eigenvalue weighted by molar-refractivity contribution is 6.32. The van der Waals surface area contributed by atoms with E-state index in [1.807, 2.05) is 24.3 Å². The first-order chi connectivity index (χ1) is 18.0. The largest absolute Gasteiger partial charge is 0.354 e. The van der Waals surface area contributed by atoms with Crippen LogP contribution in [0.1, 0.15) is 76.4 Å². The predicted molar refractivity (Wildman–Crippen MR) is 157 cm³/mol. The Balaban J connectivity index is 1.73. The van der Waals surface area contributed by atoms with Gasteiger partial charge in [0, 0.05) is 22.5 Å². The Labute approximate surface area is 225 Å². The summed E-state index contributed by atoms with van der Waals surface area (Å²) in [5.74, 6) is -0.289. The molecule has 0 atom stereocenters.